The fraction of sp³-hybridized carbons (Fsp3) is 0.800. The first-order valence-corrected chi connectivity index (χ1v) is 19.6. The van der Waals surface area contributed by atoms with Crippen molar-refractivity contribution in [2.24, 2.45) is 0 Å². The largest absolute Gasteiger partial charge is 0.379 e. The molecule has 10 heteroatoms. The van der Waals surface area contributed by atoms with Crippen LogP contribution < -0.4 is 0 Å². The summed E-state index contributed by atoms with van der Waals surface area (Å²) in [6.07, 6.45) is 23.9. The van der Waals surface area contributed by atoms with Gasteiger partial charge in [0, 0.05) is 49.8 Å². The van der Waals surface area contributed by atoms with E-state index in [9.17, 15) is 19.8 Å². The van der Waals surface area contributed by atoms with Crippen molar-refractivity contribution in [2.75, 3.05) is 24.6 Å². The molecule has 0 saturated heterocycles. The van der Waals surface area contributed by atoms with Gasteiger partial charge in [0.1, 0.15) is 9.87 Å². The molecule has 2 unspecified atom stereocenters. The van der Waals surface area contributed by atoms with Crippen LogP contribution in [0.5, 0.6) is 0 Å². The van der Waals surface area contributed by atoms with Crippen LogP contribution in [0.4, 0.5) is 0 Å². The van der Waals surface area contributed by atoms with Crippen molar-refractivity contribution in [3.63, 3.8) is 0 Å². The summed E-state index contributed by atoms with van der Waals surface area (Å²) < 4.78 is 0. The minimum Gasteiger partial charge on any atom is -0.379 e. The topological polar surface area (TPSA) is 81.1 Å². The Kier molecular flexibility index (Phi) is 26.2. The van der Waals surface area contributed by atoms with Gasteiger partial charge in [0.05, 0.1) is 0 Å². The van der Waals surface area contributed by atoms with E-state index in [0.717, 1.165) is 75.9 Å². The number of unbranched alkanes of at least 4 members (excludes halogenated alkanes) is 9. The zero-order valence-electron chi connectivity index (χ0n) is 25.4. The summed E-state index contributed by atoms with van der Waals surface area (Å²) in [4.78, 5) is 24.4. The Labute approximate surface area is 261 Å². The zero-order valence-corrected chi connectivity index (χ0v) is 28.7. The van der Waals surface area contributed by atoms with Gasteiger partial charge in [-0.15, -0.1) is 0 Å². The third-order valence-electron chi connectivity index (χ3n) is 5.99. The molecule has 0 aliphatic heterocycles. The van der Waals surface area contributed by atoms with Crippen LogP contribution in [-0.2, 0) is 9.59 Å². The Balaban J connectivity index is 3.78. The highest BCUT2D eigenvalue weighted by Gasteiger charge is 2.20. The number of hydrogen-bond donors (Lipinski definition) is 2. The number of aliphatic hydroxyl groups is 2. The van der Waals surface area contributed by atoms with Crippen molar-refractivity contribution in [2.45, 2.75) is 127 Å². The summed E-state index contributed by atoms with van der Waals surface area (Å²) in [6.45, 7) is 9.34. The Morgan fingerprint density at radius 2 is 0.925 bits per heavy atom. The van der Waals surface area contributed by atoms with E-state index in [1.807, 2.05) is 26.0 Å². The van der Waals surface area contributed by atoms with Crippen molar-refractivity contribution >= 4 is 56.0 Å². The van der Waals surface area contributed by atoms with Crippen LogP contribution in [0.15, 0.2) is 24.6 Å². The molecule has 6 nitrogen and oxygen atoms in total. The Bertz CT molecular complexity index is 622. The smallest absolute Gasteiger partial charge is 0.213 e. The lowest BCUT2D eigenvalue weighted by molar-refractivity contribution is -0.116. The lowest BCUT2D eigenvalue weighted by Gasteiger charge is -2.20. The van der Waals surface area contributed by atoms with Crippen molar-refractivity contribution in [3.8, 4) is 0 Å². The first-order valence-electron chi connectivity index (χ1n) is 15.0. The molecule has 0 fully saturated rings. The molecule has 0 aliphatic carbocycles. The van der Waals surface area contributed by atoms with Gasteiger partial charge in [-0.05, 0) is 39.5 Å². The van der Waals surface area contributed by atoms with Crippen LogP contribution in [-0.4, -0.2) is 67.3 Å². The number of rotatable bonds is 29. The van der Waals surface area contributed by atoms with Crippen LogP contribution in [0.2, 0.25) is 0 Å². The van der Waals surface area contributed by atoms with Crippen molar-refractivity contribution in [1.82, 2.24) is 9.80 Å². The molecule has 2 amide bonds. The Morgan fingerprint density at radius 1 is 0.600 bits per heavy atom. The molecule has 0 radical (unpaired) electrons. The maximum absolute atomic E-state index is 11.3. The Morgan fingerprint density at radius 3 is 1.23 bits per heavy atom. The van der Waals surface area contributed by atoms with Crippen LogP contribution in [0, 0.1) is 0 Å². The number of nitrogens with zero attached hydrogens (tertiary/aromatic N) is 2. The molecule has 2 N–H and O–H groups in total. The standard InChI is InChI=1S/C30H56N2O4S4/c1-5-25-37-39-29(3,35)19-17-23-31(27-33)21-15-13-11-9-7-8-10-12-14-16-22-32(28-34)24-18-20-30(4,36)40-38-26-6-2/h17-18,23-24,27-28,35-36H,5-16,19-22,25-26H2,1-4H3. The SMILES string of the molecule is CCCSSC(C)(O)CC=CN(C=O)CCCCCCCCCCCCN(C=O)C=CCC(C)(O)SSCCC. The third-order valence-corrected chi connectivity index (χ3v) is 12.3. The molecule has 0 aromatic rings. The molecule has 2 atom stereocenters. The molecule has 234 valence electrons. The number of carbonyl (C=O) groups excluding carboxylic acids is 2. The summed E-state index contributed by atoms with van der Waals surface area (Å²) in [6, 6.07) is 0. The molecule has 0 aliphatic rings. The second kappa shape index (κ2) is 26.4. The summed E-state index contributed by atoms with van der Waals surface area (Å²) in [7, 11) is 6.36. The second-order valence-corrected chi connectivity index (χ2v) is 16.4. The van der Waals surface area contributed by atoms with Gasteiger partial charge in [-0.2, -0.15) is 0 Å². The number of carbonyl (C=O) groups is 2. The maximum Gasteiger partial charge on any atom is 0.213 e. The van der Waals surface area contributed by atoms with E-state index in [4.69, 9.17) is 0 Å². The fourth-order valence-corrected chi connectivity index (χ4v) is 8.48. The highest BCUT2D eigenvalue weighted by molar-refractivity contribution is 8.77. The minimum atomic E-state index is -0.812. The van der Waals surface area contributed by atoms with E-state index in [1.165, 1.54) is 60.1 Å². The average molecular weight is 637 g/mol. The normalized spacial score (nSPS) is 14.8. The van der Waals surface area contributed by atoms with Crippen molar-refractivity contribution in [1.29, 1.82) is 0 Å². The molecule has 0 spiro atoms. The Hall–Kier alpha value is -0.260. The molecule has 40 heavy (non-hydrogen) atoms. The monoisotopic (exact) mass is 636 g/mol. The van der Waals surface area contributed by atoms with Gasteiger partial charge in [-0.3, -0.25) is 9.59 Å². The fourth-order valence-electron chi connectivity index (χ4n) is 3.71. The summed E-state index contributed by atoms with van der Waals surface area (Å²) >= 11 is 0. The minimum absolute atomic E-state index is 0.521. The predicted molar refractivity (Wildman–Crippen MR) is 181 cm³/mol. The highest BCUT2D eigenvalue weighted by Crippen LogP contribution is 2.37. The summed E-state index contributed by atoms with van der Waals surface area (Å²) in [5, 5.41) is 20.7. The first-order chi connectivity index (χ1) is 19.2. The van der Waals surface area contributed by atoms with E-state index >= 15 is 0 Å². The molecule has 0 saturated carbocycles. The molecular formula is C30H56N2O4S4. The third kappa shape index (κ3) is 25.5. The van der Waals surface area contributed by atoms with E-state index in [-0.39, 0.29) is 0 Å². The molecule has 0 aromatic heterocycles. The van der Waals surface area contributed by atoms with Crippen LogP contribution in [0.25, 0.3) is 0 Å². The predicted octanol–water partition coefficient (Wildman–Crippen LogP) is 8.61. The van der Waals surface area contributed by atoms with Gasteiger partial charge in [0.25, 0.3) is 0 Å². The number of hydrogen-bond acceptors (Lipinski definition) is 8. The molecule has 0 rings (SSSR count). The molecular weight excluding hydrogens is 581 g/mol. The van der Waals surface area contributed by atoms with Crippen molar-refractivity contribution in [3.05, 3.63) is 24.6 Å². The number of amides is 2. The van der Waals surface area contributed by atoms with Gasteiger partial charge < -0.3 is 20.0 Å². The first kappa shape index (κ1) is 39.7. The van der Waals surface area contributed by atoms with Crippen molar-refractivity contribution < 1.29 is 19.8 Å². The summed E-state index contributed by atoms with van der Waals surface area (Å²) in [5.41, 5.74) is 0. The van der Waals surface area contributed by atoms with Gasteiger partial charge in [0.2, 0.25) is 12.8 Å². The van der Waals surface area contributed by atoms with Gasteiger partial charge in [-0.1, -0.05) is 121 Å². The van der Waals surface area contributed by atoms with Crippen LogP contribution in [0.1, 0.15) is 118 Å². The van der Waals surface area contributed by atoms with Gasteiger partial charge in [0.15, 0.2) is 0 Å². The quantitative estimate of drug-likeness (QED) is 0.0366. The van der Waals surface area contributed by atoms with Gasteiger partial charge in [-0.25, -0.2) is 0 Å². The maximum atomic E-state index is 11.3. The lowest BCUT2D eigenvalue weighted by Crippen LogP contribution is -2.19. The van der Waals surface area contributed by atoms with Crippen LogP contribution in [0.3, 0.4) is 0 Å². The highest BCUT2D eigenvalue weighted by atomic mass is 33.1. The summed E-state index contributed by atoms with van der Waals surface area (Å²) in [5.74, 6) is 2.05. The van der Waals surface area contributed by atoms with E-state index in [0.29, 0.717) is 12.8 Å². The van der Waals surface area contributed by atoms with Gasteiger partial charge >= 0.3 is 0 Å². The van der Waals surface area contributed by atoms with E-state index in [1.54, 1.807) is 43.8 Å². The average Bonchev–Trinajstić information content (AvgIpc) is 2.91. The lowest BCUT2D eigenvalue weighted by atomic mass is 10.1. The van der Waals surface area contributed by atoms with E-state index < -0.39 is 9.87 Å². The molecule has 0 bridgehead atoms. The van der Waals surface area contributed by atoms with E-state index in [2.05, 4.69) is 13.8 Å². The molecule has 0 aromatic carbocycles. The molecule has 0 heterocycles. The van der Waals surface area contributed by atoms with Crippen LogP contribution >= 0.6 is 43.2 Å². The second-order valence-electron chi connectivity index (χ2n) is 10.6. The zero-order chi connectivity index (χ0) is 30.0.